The van der Waals surface area contributed by atoms with Crippen molar-refractivity contribution < 1.29 is 19.1 Å². The van der Waals surface area contributed by atoms with Gasteiger partial charge in [0.15, 0.2) is 0 Å². The summed E-state index contributed by atoms with van der Waals surface area (Å²) in [6, 6.07) is 16.5. The Morgan fingerprint density at radius 2 is 1.82 bits per heavy atom. The van der Waals surface area contributed by atoms with Gasteiger partial charge in [-0.2, -0.15) is 5.10 Å². The van der Waals surface area contributed by atoms with E-state index in [1.807, 2.05) is 68.4 Å². The maximum Gasteiger partial charge on any atom is 0.327 e. The van der Waals surface area contributed by atoms with Gasteiger partial charge in [-0.15, -0.1) is 0 Å². The van der Waals surface area contributed by atoms with Crippen molar-refractivity contribution in [2.75, 3.05) is 20.2 Å². The summed E-state index contributed by atoms with van der Waals surface area (Å²) < 4.78 is 5.26. The summed E-state index contributed by atoms with van der Waals surface area (Å²) in [4.78, 5) is 41.8. The lowest BCUT2D eigenvalue weighted by atomic mass is 9.98. The first kappa shape index (κ1) is 23.5. The Kier molecular flexibility index (Phi) is 6.95. The van der Waals surface area contributed by atoms with Gasteiger partial charge in [-0.25, -0.2) is 9.80 Å². The summed E-state index contributed by atoms with van der Waals surface area (Å²) >= 11 is 0. The summed E-state index contributed by atoms with van der Waals surface area (Å²) in [5.74, 6) is 0.00304. The lowest BCUT2D eigenvalue weighted by Crippen LogP contribution is -2.57. The maximum atomic E-state index is 13.5. The lowest BCUT2D eigenvalue weighted by molar-refractivity contribution is -0.141. The topological polar surface area (TPSA) is 82.5 Å². The van der Waals surface area contributed by atoms with Crippen LogP contribution in [-0.4, -0.2) is 64.6 Å². The summed E-state index contributed by atoms with van der Waals surface area (Å²) in [6.07, 6.45) is 1.52. The number of hydrogen-bond acceptors (Lipinski definition) is 5. The highest BCUT2D eigenvalue weighted by atomic mass is 16.5. The molecule has 34 heavy (non-hydrogen) atoms. The molecule has 2 aliphatic heterocycles. The molecule has 2 atom stereocenters. The van der Waals surface area contributed by atoms with Crippen LogP contribution in [0.15, 0.2) is 59.7 Å². The first-order chi connectivity index (χ1) is 16.4. The number of carbonyl (C=O) groups is 3. The Morgan fingerprint density at radius 1 is 1.12 bits per heavy atom. The van der Waals surface area contributed by atoms with E-state index >= 15 is 0 Å². The van der Waals surface area contributed by atoms with Gasteiger partial charge in [-0.1, -0.05) is 49.4 Å². The van der Waals surface area contributed by atoms with Crippen molar-refractivity contribution in [3.8, 4) is 5.75 Å². The molecule has 0 N–H and O–H groups in total. The quantitative estimate of drug-likeness (QED) is 0.626. The molecule has 0 spiro atoms. The monoisotopic (exact) mass is 462 g/mol. The molecule has 0 aromatic heterocycles. The largest absolute Gasteiger partial charge is 0.497 e. The van der Waals surface area contributed by atoms with Crippen molar-refractivity contribution in [2.45, 2.75) is 45.2 Å². The van der Waals surface area contributed by atoms with Gasteiger partial charge in [0, 0.05) is 25.4 Å². The molecule has 2 heterocycles. The van der Waals surface area contributed by atoms with E-state index in [0.29, 0.717) is 13.0 Å². The van der Waals surface area contributed by atoms with Crippen molar-refractivity contribution in [1.29, 1.82) is 0 Å². The normalized spacial score (nSPS) is 19.3. The number of nitrogens with zero attached hydrogens (tertiary/aromatic N) is 4. The highest BCUT2D eigenvalue weighted by Gasteiger charge is 2.39. The Morgan fingerprint density at radius 3 is 2.47 bits per heavy atom. The second-order valence-electron chi connectivity index (χ2n) is 8.61. The van der Waals surface area contributed by atoms with E-state index in [-0.39, 0.29) is 36.9 Å². The number of urea groups is 1. The highest BCUT2D eigenvalue weighted by molar-refractivity contribution is 6.04. The van der Waals surface area contributed by atoms with Crippen LogP contribution < -0.4 is 4.74 Å². The SMILES string of the molecule is CCC(C)N1CCC(=O)N(CC(=O)N2N=C(c3ccccc3)CC2c2ccc(OC)cc2)C1=O. The van der Waals surface area contributed by atoms with Gasteiger partial charge in [-0.3, -0.25) is 14.5 Å². The fourth-order valence-electron chi connectivity index (χ4n) is 4.33. The average Bonchev–Trinajstić information content (AvgIpc) is 3.32. The van der Waals surface area contributed by atoms with E-state index in [0.717, 1.165) is 33.9 Å². The van der Waals surface area contributed by atoms with Crippen LogP contribution in [0, 0.1) is 0 Å². The van der Waals surface area contributed by atoms with Crippen molar-refractivity contribution in [3.63, 3.8) is 0 Å². The lowest BCUT2D eigenvalue weighted by Gasteiger charge is -2.37. The van der Waals surface area contributed by atoms with Crippen LogP contribution in [0.2, 0.25) is 0 Å². The minimum absolute atomic E-state index is 0.000240. The number of hydrogen-bond donors (Lipinski definition) is 0. The minimum atomic E-state index is -0.411. The molecule has 1 saturated heterocycles. The van der Waals surface area contributed by atoms with Crippen LogP contribution >= 0.6 is 0 Å². The molecule has 2 aromatic carbocycles. The van der Waals surface area contributed by atoms with E-state index in [9.17, 15) is 14.4 Å². The number of amides is 4. The average molecular weight is 463 g/mol. The Bertz CT molecular complexity index is 1080. The van der Waals surface area contributed by atoms with E-state index < -0.39 is 6.03 Å². The van der Waals surface area contributed by atoms with Crippen LogP contribution in [-0.2, 0) is 9.59 Å². The number of ether oxygens (including phenoxy) is 1. The molecular formula is C26H30N4O4. The Balaban J connectivity index is 1.60. The molecular weight excluding hydrogens is 432 g/mol. The first-order valence-corrected chi connectivity index (χ1v) is 11.6. The molecule has 8 heteroatoms. The zero-order chi connectivity index (χ0) is 24.2. The second kappa shape index (κ2) is 10.1. The van der Waals surface area contributed by atoms with E-state index in [1.54, 1.807) is 12.0 Å². The van der Waals surface area contributed by atoms with Crippen LogP contribution in [0.25, 0.3) is 0 Å². The number of benzene rings is 2. The predicted molar refractivity (Wildman–Crippen MR) is 128 cm³/mol. The zero-order valence-corrected chi connectivity index (χ0v) is 19.8. The molecule has 1 fully saturated rings. The maximum absolute atomic E-state index is 13.5. The smallest absolute Gasteiger partial charge is 0.327 e. The number of rotatable bonds is 7. The summed E-state index contributed by atoms with van der Waals surface area (Å²) in [6.45, 7) is 3.99. The molecule has 0 radical (unpaired) electrons. The van der Waals surface area contributed by atoms with Crippen molar-refractivity contribution >= 4 is 23.6 Å². The number of imide groups is 1. The van der Waals surface area contributed by atoms with Gasteiger partial charge < -0.3 is 9.64 Å². The third-order valence-corrected chi connectivity index (χ3v) is 6.53. The molecule has 4 rings (SSSR count). The van der Waals surface area contributed by atoms with Gasteiger partial charge in [0.25, 0.3) is 5.91 Å². The van der Waals surface area contributed by atoms with Crippen molar-refractivity contribution in [1.82, 2.24) is 14.8 Å². The van der Waals surface area contributed by atoms with E-state index in [4.69, 9.17) is 4.74 Å². The van der Waals surface area contributed by atoms with Crippen molar-refractivity contribution in [2.24, 2.45) is 5.10 Å². The summed E-state index contributed by atoms with van der Waals surface area (Å²) in [5.41, 5.74) is 2.62. The summed E-state index contributed by atoms with van der Waals surface area (Å²) in [7, 11) is 1.60. The third kappa shape index (κ3) is 4.66. The van der Waals surface area contributed by atoms with Crippen LogP contribution in [0.3, 0.4) is 0 Å². The Hall–Kier alpha value is -3.68. The molecule has 2 aromatic rings. The fourth-order valence-corrected chi connectivity index (χ4v) is 4.33. The van der Waals surface area contributed by atoms with Crippen LogP contribution in [0.1, 0.15) is 50.3 Å². The molecule has 2 aliphatic rings. The minimum Gasteiger partial charge on any atom is -0.497 e. The predicted octanol–water partition coefficient (Wildman–Crippen LogP) is 3.83. The molecule has 0 bridgehead atoms. The summed E-state index contributed by atoms with van der Waals surface area (Å²) in [5, 5.41) is 6.07. The Labute approximate surface area is 199 Å². The molecule has 0 saturated carbocycles. The molecule has 4 amide bonds. The zero-order valence-electron chi connectivity index (χ0n) is 19.8. The molecule has 0 aliphatic carbocycles. The molecule has 8 nitrogen and oxygen atoms in total. The van der Waals surface area contributed by atoms with Gasteiger partial charge in [0.2, 0.25) is 5.91 Å². The van der Waals surface area contributed by atoms with Gasteiger partial charge >= 0.3 is 6.03 Å². The fraction of sp³-hybridized carbons (Fsp3) is 0.385. The third-order valence-electron chi connectivity index (χ3n) is 6.53. The highest BCUT2D eigenvalue weighted by Crippen LogP contribution is 2.34. The molecule has 2 unspecified atom stereocenters. The number of methoxy groups -OCH3 is 1. The second-order valence-corrected chi connectivity index (χ2v) is 8.61. The van der Waals surface area contributed by atoms with Gasteiger partial charge in [0.1, 0.15) is 12.3 Å². The van der Waals surface area contributed by atoms with Crippen molar-refractivity contribution in [3.05, 3.63) is 65.7 Å². The van der Waals surface area contributed by atoms with Crippen LogP contribution in [0.5, 0.6) is 5.75 Å². The number of carbonyl (C=O) groups excluding carboxylic acids is 3. The van der Waals surface area contributed by atoms with E-state index in [1.165, 1.54) is 5.01 Å². The van der Waals surface area contributed by atoms with E-state index in [2.05, 4.69) is 5.10 Å². The number of hydrazone groups is 1. The first-order valence-electron chi connectivity index (χ1n) is 11.6. The van der Waals surface area contributed by atoms with Gasteiger partial charge in [0.05, 0.1) is 18.9 Å². The van der Waals surface area contributed by atoms with Crippen LogP contribution in [0.4, 0.5) is 4.79 Å². The van der Waals surface area contributed by atoms with Gasteiger partial charge in [-0.05, 0) is 36.6 Å². The standard InChI is InChI=1S/C26H30N4O4/c1-4-18(2)28-15-14-24(31)29(26(28)33)17-25(32)30-23(20-10-12-21(34-3)13-11-20)16-22(27-30)19-8-6-5-7-9-19/h5-13,18,23H,4,14-17H2,1-3H3. The molecule has 178 valence electrons.